The summed E-state index contributed by atoms with van der Waals surface area (Å²) >= 11 is 0. The van der Waals surface area contributed by atoms with Gasteiger partial charge in [-0.2, -0.15) is 0 Å². The number of pyridine rings is 1. The summed E-state index contributed by atoms with van der Waals surface area (Å²) in [6.07, 6.45) is 4.55. The molecule has 1 aliphatic rings. The fraction of sp³-hybridized carbons (Fsp3) is 0.615. The Balaban J connectivity index is 1.80. The Labute approximate surface area is 102 Å². The van der Waals surface area contributed by atoms with Crippen molar-refractivity contribution < 1.29 is 9.47 Å². The van der Waals surface area contributed by atoms with Crippen LogP contribution in [0.2, 0.25) is 0 Å². The molecule has 1 fully saturated rings. The van der Waals surface area contributed by atoms with Crippen LogP contribution in [0.3, 0.4) is 0 Å². The van der Waals surface area contributed by atoms with Crippen molar-refractivity contribution in [3.05, 3.63) is 23.9 Å². The highest BCUT2D eigenvalue weighted by atomic mass is 16.5. The first-order chi connectivity index (χ1) is 8.29. The van der Waals surface area contributed by atoms with Crippen LogP contribution in [0.15, 0.2) is 18.3 Å². The van der Waals surface area contributed by atoms with E-state index in [1.54, 1.807) is 7.11 Å². The zero-order chi connectivity index (χ0) is 12.1. The van der Waals surface area contributed by atoms with Crippen LogP contribution >= 0.6 is 0 Å². The number of nitrogens with zero attached hydrogens (tertiary/aromatic N) is 1. The summed E-state index contributed by atoms with van der Waals surface area (Å²) in [6, 6.07) is 4.30. The molecule has 0 aliphatic carbocycles. The highest BCUT2D eigenvalue weighted by Crippen LogP contribution is 2.15. The van der Waals surface area contributed by atoms with E-state index in [4.69, 9.17) is 9.47 Å². The summed E-state index contributed by atoms with van der Waals surface area (Å²) in [5, 5.41) is 3.47. The molecule has 0 bridgehead atoms. The summed E-state index contributed by atoms with van der Waals surface area (Å²) < 4.78 is 10.7. The smallest absolute Gasteiger partial charge is 0.212 e. The van der Waals surface area contributed by atoms with E-state index in [1.807, 2.05) is 18.3 Å². The molecule has 2 atom stereocenters. The van der Waals surface area contributed by atoms with Gasteiger partial charge >= 0.3 is 0 Å². The predicted molar refractivity (Wildman–Crippen MR) is 66.1 cm³/mol. The molecule has 4 nitrogen and oxygen atoms in total. The van der Waals surface area contributed by atoms with Crippen molar-refractivity contribution in [3.63, 3.8) is 0 Å². The van der Waals surface area contributed by atoms with Gasteiger partial charge in [-0.25, -0.2) is 4.98 Å². The van der Waals surface area contributed by atoms with E-state index in [-0.39, 0.29) is 0 Å². The van der Waals surface area contributed by atoms with Crippen LogP contribution in [-0.4, -0.2) is 30.8 Å². The molecule has 4 heteroatoms. The zero-order valence-corrected chi connectivity index (χ0v) is 10.5. The highest BCUT2D eigenvalue weighted by Gasteiger charge is 2.21. The molecule has 2 rings (SSSR count). The first-order valence-electron chi connectivity index (χ1n) is 6.13. The van der Waals surface area contributed by atoms with E-state index in [1.165, 1.54) is 6.42 Å². The number of ether oxygens (including phenoxy) is 2. The van der Waals surface area contributed by atoms with E-state index in [0.29, 0.717) is 18.0 Å². The van der Waals surface area contributed by atoms with Gasteiger partial charge in [0.15, 0.2) is 0 Å². The van der Waals surface area contributed by atoms with Gasteiger partial charge in [-0.15, -0.1) is 0 Å². The molecule has 94 valence electrons. The Kier molecular flexibility index (Phi) is 4.34. The quantitative estimate of drug-likeness (QED) is 0.846. The van der Waals surface area contributed by atoms with Crippen LogP contribution in [-0.2, 0) is 11.3 Å². The average Bonchev–Trinajstić information content (AvgIpc) is 2.90. The van der Waals surface area contributed by atoms with E-state index >= 15 is 0 Å². The molecule has 0 radical (unpaired) electrons. The number of rotatable bonds is 5. The van der Waals surface area contributed by atoms with E-state index in [9.17, 15) is 0 Å². The molecule has 0 aromatic carbocycles. The maximum atomic E-state index is 5.64. The molecule has 0 saturated carbocycles. The Morgan fingerprint density at radius 3 is 3.06 bits per heavy atom. The molecule has 1 N–H and O–H groups in total. The third-order valence-corrected chi connectivity index (χ3v) is 3.16. The lowest BCUT2D eigenvalue weighted by Gasteiger charge is -2.19. The third-order valence-electron chi connectivity index (χ3n) is 3.16. The first kappa shape index (κ1) is 12.3. The molecule has 1 saturated heterocycles. The summed E-state index contributed by atoms with van der Waals surface area (Å²) in [5.41, 5.74) is 1.16. The Morgan fingerprint density at radius 2 is 2.47 bits per heavy atom. The maximum absolute atomic E-state index is 5.64. The third kappa shape index (κ3) is 3.41. The number of nitrogens with one attached hydrogen (secondary N) is 1. The molecule has 2 unspecified atom stereocenters. The standard InChI is InChI=1S/C13H20N2O2/c1-10(12-4-3-7-17-12)14-8-11-5-6-13(16-2)15-9-11/h5-6,9-10,12,14H,3-4,7-8H2,1-2H3. The van der Waals surface area contributed by atoms with Crippen molar-refractivity contribution in [1.29, 1.82) is 0 Å². The second-order valence-corrected chi connectivity index (χ2v) is 4.43. The van der Waals surface area contributed by atoms with Crippen LogP contribution in [0.5, 0.6) is 5.88 Å². The minimum Gasteiger partial charge on any atom is -0.481 e. The van der Waals surface area contributed by atoms with Gasteiger partial charge in [0, 0.05) is 31.5 Å². The Bertz CT molecular complexity index is 334. The molecule has 1 aromatic heterocycles. The van der Waals surface area contributed by atoms with Gasteiger partial charge in [0.05, 0.1) is 13.2 Å². The van der Waals surface area contributed by atoms with Gasteiger partial charge in [0.25, 0.3) is 0 Å². The van der Waals surface area contributed by atoms with Crippen LogP contribution in [0.4, 0.5) is 0 Å². The first-order valence-corrected chi connectivity index (χ1v) is 6.13. The van der Waals surface area contributed by atoms with Gasteiger partial charge in [0.1, 0.15) is 0 Å². The largest absolute Gasteiger partial charge is 0.481 e. The molecule has 0 spiro atoms. The molecular weight excluding hydrogens is 216 g/mol. The lowest BCUT2D eigenvalue weighted by atomic mass is 10.1. The minimum atomic E-state index is 0.362. The second-order valence-electron chi connectivity index (χ2n) is 4.43. The lowest BCUT2D eigenvalue weighted by Crippen LogP contribution is -2.36. The lowest BCUT2D eigenvalue weighted by molar-refractivity contribution is 0.0832. The summed E-state index contributed by atoms with van der Waals surface area (Å²) in [7, 11) is 1.62. The van der Waals surface area contributed by atoms with Gasteiger partial charge < -0.3 is 14.8 Å². The predicted octanol–water partition coefficient (Wildman–Crippen LogP) is 1.75. The van der Waals surface area contributed by atoms with Gasteiger partial charge in [-0.1, -0.05) is 6.07 Å². The van der Waals surface area contributed by atoms with Crippen molar-refractivity contribution in [2.24, 2.45) is 0 Å². The molecule has 1 aromatic rings. The molecule has 0 amide bonds. The fourth-order valence-electron chi connectivity index (χ4n) is 2.04. The fourth-order valence-corrected chi connectivity index (χ4v) is 2.04. The highest BCUT2D eigenvalue weighted by molar-refractivity contribution is 5.17. The molecular formula is C13H20N2O2. The molecule has 2 heterocycles. The molecule has 17 heavy (non-hydrogen) atoms. The van der Waals surface area contributed by atoms with Crippen molar-refractivity contribution in [1.82, 2.24) is 10.3 Å². The van der Waals surface area contributed by atoms with Crippen LogP contribution in [0.1, 0.15) is 25.3 Å². The van der Waals surface area contributed by atoms with E-state index in [2.05, 4.69) is 17.2 Å². The number of aromatic nitrogens is 1. The van der Waals surface area contributed by atoms with Gasteiger partial charge in [-0.3, -0.25) is 0 Å². The number of hydrogen-bond donors (Lipinski definition) is 1. The monoisotopic (exact) mass is 236 g/mol. The zero-order valence-electron chi connectivity index (χ0n) is 10.5. The number of hydrogen-bond acceptors (Lipinski definition) is 4. The van der Waals surface area contributed by atoms with Crippen LogP contribution < -0.4 is 10.1 Å². The Hall–Kier alpha value is -1.13. The molecule has 1 aliphatic heterocycles. The van der Waals surface area contributed by atoms with Crippen molar-refractivity contribution in [3.8, 4) is 5.88 Å². The average molecular weight is 236 g/mol. The van der Waals surface area contributed by atoms with Gasteiger partial charge in [0.2, 0.25) is 5.88 Å². The van der Waals surface area contributed by atoms with E-state index < -0.39 is 0 Å². The van der Waals surface area contributed by atoms with Crippen LogP contribution in [0, 0.1) is 0 Å². The summed E-state index contributed by atoms with van der Waals surface area (Å²) in [5.74, 6) is 0.654. The summed E-state index contributed by atoms with van der Waals surface area (Å²) in [4.78, 5) is 4.18. The normalized spacial score (nSPS) is 21.4. The van der Waals surface area contributed by atoms with Gasteiger partial charge in [-0.05, 0) is 25.3 Å². The van der Waals surface area contributed by atoms with E-state index in [0.717, 1.165) is 25.1 Å². The topological polar surface area (TPSA) is 43.4 Å². The second kappa shape index (κ2) is 5.98. The van der Waals surface area contributed by atoms with Crippen molar-refractivity contribution >= 4 is 0 Å². The SMILES string of the molecule is COc1ccc(CNC(C)C2CCCO2)cn1. The maximum Gasteiger partial charge on any atom is 0.212 e. The minimum absolute atomic E-state index is 0.362. The Morgan fingerprint density at radius 1 is 1.59 bits per heavy atom. The summed E-state index contributed by atoms with van der Waals surface area (Å²) in [6.45, 7) is 3.89. The van der Waals surface area contributed by atoms with Crippen molar-refractivity contribution in [2.45, 2.75) is 38.5 Å². The van der Waals surface area contributed by atoms with Crippen LogP contribution in [0.25, 0.3) is 0 Å². The number of methoxy groups -OCH3 is 1. The van der Waals surface area contributed by atoms with Crippen molar-refractivity contribution in [2.75, 3.05) is 13.7 Å².